The van der Waals surface area contributed by atoms with Gasteiger partial charge in [0.25, 0.3) is 0 Å². The van der Waals surface area contributed by atoms with Crippen LogP contribution in [0.2, 0.25) is 0 Å². The van der Waals surface area contributed by atoms with Crippen molar-refractivity contribution >= 4 is 28.7 Å². The van der Waals surface area contributed by atoms with Crippen LogP contribution >= 0.6 is 0 Å². The number of rotatable bonds is 7. The minimum absolute atomic E-state index is 0.0389. The summed E-state index contributed by atoms with van der Waals surface area (Å²) in [5.41, 5.74) is 2.84. The van der Waals surface area contributed by atoms with E-state index in [1.54, 1.807) is 6.20 Å². The van der Waals surface area contributed by atoms with Gasteiger partial charge in [0.05, 0.1) is 19.0 Å². The van der Waals surface area contributed by atoms with E-state index in [4.69, 9.17) is 5.11 Å². The molecule has 10 heteroatoms. The van der Waals surface area contributed by atoms with Crippen molar-refractivity contribution in [3.8, 4) is 0 Å². The Balaban J connectivity index is 1.27. The summed E-state index contributed by atoms with van der Waals surface area (Å²) in [6, 6.07) is 8.38. The molecule has 2 aliphatic heterocycles. The van der Waals surface area contributed by atoms with Crippen LogP contribution in [0.4, 0.5) is 17.2 Å². The summed E-state index contributed by atoms with van der Waals surface area (Å²) in [6.45, 7) is 9.78. The van der Waals surface area contributed by atoms with Crippen LogP contribution in [0.15, 0.2) is 49.3 Å². The molecule has 2 aliphatic rings. The third-order valence-electron chi connectivity index (χ3n) is 6.89. The van der Waals surface area contributed by atoms with E-state index in [1.807, 2.05) is 15.5 Å². The van der Waals surface area contributed by atoms with Gasteiger partial charge in [-0.25, -0.2) is 4.98 Å². The predicted octanol–water partition coefficient (Wildman–Crippen LogP) is 1.87. The molecule has 5 rings (SSSR count). The van der Waals surface area contributed by atoms with Crippen molar-refractivity contribution in [2.75, 3.05) is 62.6 Å². The van der Waals surface area contributed by atoms with E-state index in [9.17, 15) is 4.79 Å². The Morgan fingerprint density at radius 3 is 2.69 bits per heavy atom. The van der Waals surface area contributed by atoms with Gasteiger partial charge in [-0.05, 0) is 43.2 Å². The number of nitrogens with one attached hydrogen (secondary N) is 1. The van der Waals surface area contributed by atoms with Gasteiger partial charge < -0.3 is 20.2 Å². The molecule has 35 heavy (non-hydrogen) atoms. The van der Waals surface area contributed by atoms with E-state index < -0.39 is 0 Å². The Kier molecular flexibility index (Phi) is 6.91. The summed E-state index contributed by atoms with van der Waals surface area (Å²) in [5, 5.41) is 21.2. The van der Waals surface area contributed by atoms with Crippen molar-refractivity contribution in [1.82, 2.24) is 29.4 Å². The number of piperazine rings is 1. The van der Waals surface area contributed by atoms with Crippen LogP contribution in [-0.4, -0.2) is 92.8 Å². The lowest BCUT2D eigenvalue weighted by atomic mass is 9.97. The highest BCUT2D eigenvalue weighted by atomic mass is 16.3. The van der Waals surface area contributed by atoms with Crippen LogP contribution in [0.1, 0.15) is 24.6 Å². The molecule has 0 radical (unpaired) electrons. The van der Waals surface area contributed by atoms with Gasteiger partial charge in [-0.15, -0.1) is 10.2 Å². The summed E-state index contributed by atoms with van der Waals surface area (Å²) in [7, 11) is 0. The second kappa shape index (κ2) is 10.4. The molecular weight excluding hydrogens is 444 g/mol. The maximum Gasteiger partial charge on any atom is 0.245 e. The van der Waals surface area contributed by atoms with Crippen LogP contribution in [0.5, 0.6) is 0 Å². The fourth-order valence-corrected chi connectivity index (χ4v) is 4.95. The first-order valence-corrected chi connectivity index (χ1v) is 12.2. The van der Waals surface area contributed by atoms with E-state index in [2.05, 4.69) is 61.1 Å². The molecule has 2 N–H and O–H groups in total. The molecule has 3 aromatic rings. The molecule has 0 spiro atoms. The number of aliphatic hydroxyl groups is 1. The molecule has 2 aromatic heterocycles. The lowest BCUT2D eigenvalue weighted by Crippen LogP contribution is -2.47. The van der Waals surface area contributed by atoms with Gasteiger partial charge in [0, 0.05) is 63.1 Å². The quantitative estimate of drug-likeness (QED) is 0.499. The zero-order valence-corrected chi connectivity index (χ0v) is 19.9. The largest absolute Gasteiger partial charge is 0.395 e. The van der Waals surface area contributed by atoms with Crippen LogP contribution in [0.25, 0.3) is 5.65 Å². The molecular formula is C25H32N8O2. The van der Waals surface area contributed by atoms with Crippen LogP contribution in [0.3, 0.4) is 0 Å². The number of fused-ring (bicyclic) bond motifs is 1. The first-order chi connectivity index (χ1) is 17.1. The Bertz CT molecular complexity index is 1170. The van der Waals surface area contributed by atoms with Crippen molar-refractivity contribution in [1.29, 1.82) is 0 Å². The monoisotopic (exact) mass is 476 g/mol. The summed E-state index contributed by atoms with van der Waals surface area (Å²) < 4.78 is 1.97. The van der Waals surface area contributed by atoms with Gasteiger partial charge in [0.1, 0.15) is 11.6 Å². The molecule has 0 saturated carbocycles. The van der Waals surface area contributed by atoms with E-state index >= 15 is 0 Å². The van der Waals surface area contributed by atoms with Gasteiger partial charge in [-0.1, -0.05) is 6.58 Å². The number of hydrogen-bond acceptors (Lipinski definition) is 8. The van der Waals surface area contributed by atoms with E-state index in [1.165, 1.54) is 11.8 Å². The average molecular weight is 477 g/mol. The smallest absolute Gasteiger partial charge is 0.245 e. The molecule has 2 fully saturated rings. The molecule has 1 amide bonds. The minimum Gasteiger partial charge on any atom is -0.395 e. The minimum atomic E-state index is -0.0389. The van der Waals surface area contributed by atoms with Gasteiger partial charge in [-0.2, -0.15) is 0 Å². The van der Waals surface area contributed by atoms with Crippen LogP contribution in [0, 0.1) is 0 Å². The molecule has 0 bridgehead atoms. The molecule has 2 saturated heterocycles. The van der Waals surface area contributed by atoms with Crippen LogP contribution in [-0.2, 0) is 4.79 Å². The maximum absolute atomic E-state index is 12.1. The number of aliphatic hydroxyl groups excluding tert-OH is 1. The molecule has 10 nitrogen and oxygen atoms in total. The normalized spacial score (nSPS) is 19.2. The predicted molar refractivity (Wildman–Crippen MR) is 135 cm³/mol. The SMILES string of the molecule is C=CC(=O)N1CCCC(c2nnc3cnc(Nc4ccc(N5CCN(CCO)CC5)cc4)cn23)C1. The maximum atomic E-state index is 12.1. The number of anilines is 3. The van der Waals surface area contributed by atoms with Gasteiger partial charge in [0.15, 0.2) is 5.65 Å². The number of β-amino-alcohol motifs (C(OH)–C–C–N with tert-alkyl or cyclic N) is 1. The molecule has 4 heterocycles. The lowest BCUT2D eigenvalue weighted by Gasteiger charge is -2.35. The summed E-state index contributed by atoms with van der Waals surface area (Å²) in [5.74, 6) is 1.64. The molecule has 0 aliphatic carbocycles. The molecule has 184 valence electrons. The van der Waals surface area contributed by atoms with E-state index in [-0.39, 0.29) is 18.4 Å². The number of carbonyl (C=O) groups is 1. The zero-order valence-electron chi connectivity index (χ0n) is 19.9. The van der Waals surface area contributed by atoms with Gasteiger partial charge in [-0.3, -0.25) is 14.1 Å². The van der Waals surface area contributed by atoms with Gasteiger partial charge in [0.2, 0.25) is 5.91 Å². The third kappa shape index (κ3) is 5.13. The van der Waals surface area contributed by atoms with Crippen molar-refractivity contribution in [3.63, 3.8) is 0 Å². The van der Waals surface area contributed by atoms with Crippen molar-refractivity contribution in [2.24, 2.45) is 0 Å². The van der Waals surface area contributed by atoms with Gasteiger partial charge >= 0.3 is 0 Å². The number of benzene rings is 1. The Morgan fingerprint density at radius 2 is 1.94 bits per heavy atom. The number of amides is 1. The van der Waals surface area contributed by atoms with Crippen LogP contribution < -0.4 is 10.2 Å². The van der Waals surface area contributed by atoms with Crippen molar-refractivity contribution in [3.05, 3.63) is 55.1 Å². The number of aromatic nitrogens is 4. The van der Waals surface area contributed by atoms with E-state index in [0.717, 1.165) is 63.6 Å². The highest BCUT2D eigenvalue weighted by Gasteiger charge is 2.27. The lowest BCUT2D eigenvalue weighted by molar-refractivity contribution is -0.127. The Hall–Kier alpha value is -3.50. The fourth-order valence-electron chi connectivity index (χ4n) is 4.95. The Labute approximate surface area is 204 Å². The molecule has 1 atom stereocenters. The van der Waals surface area contributed by atoms with Crippen molar-refractivity contribution < 1.29 is 9.90 Å². The summed E-state index contributed by atoms with van der Waals surface area (Å²) in [6.07, 6.45) is 6.90. The second-order valence-electron chi connectivity index (χ2n) is 9.11. The topological polar surface area (TPSA) is 102 Å². The summed E-state index contributed by atoms with van der Waals surface area (Å²) >= 11 is 0. The van der Waals surface area contributed by atoms with Crippen molar-refractivity contribution in [2.45, 2.75) is 18.8 Å². The fraction of sp³-hybridized carbons (Fsp3) is 0.440. The zero-order chi connectivity index (χ0) is 24.2. The third-order valence-corrected chi connectivity index (χ3v) is 6.89. The average Bonchev–Trinajstić information content (AvgIpc) is 3.33. The number of carbonyl (C=O) groups excluding carboxylic acids is 1. The molecule has 1 aromatic carbocycles. The summed E-state index contributed by atoms with van der Waals surface area (Å²) in [4.78, 5) is 23.1. The standard InChI is InChI=1S/C25H32N8O2/c1-2-24(35)32-9-3-4-19(17-32)25-29-28-23-16-26-22(18-33(23)25)27-20-5-7-21(8-6-20)31-12-10-30(11-13-31)14-15-34/h2,5-8,16,18-19,27,34H,1,3-4,9-15,17H2. The molecule has 1 unspecified atom stereocenters. The number of likely N-dealkylation sites (tertiary alicyclic amines) is 1. The first-order valence-electron chi connectivity index (χ1n) is 12.2. The van der Waals surface area contributed by atoms with E-state index in [0.29, 0.717) is 18.0 Å². The second-order valence-corrected chi connectivity index (χ2v) is 9.11. The number of piperidine rings is 1. The Morgan fingerprint density at radius 1 is 1.14 bits per heavy atom. The highest BCUT2D eigenvalue weighted by molar-refractivity contribution is 5.87. The first kappa shape index (κ1) is 23.3. The number of hydrogen-bond donors (Lipinski definition) is 2. The highest BCUT2D eigenvalue weighted by Crippen LogP contribution is 2.27. The number of nitrogens with zero attached hydrogens (tertiary/aromatic N) is 7.